The largest absolute Gasteiger partial charge is 0.502 e. The van der Waals surface area contributed by atoms with Crippen molar-refractivity contribution in [2.24, 2.45) is 10.7 Å². The van der Waals surface area contributed by atoms with Crippen LogP contribution >= 0.6 is 0 Å². The van der Waals surface area contributed by atoms with Crippen LogP contribution in [0.4, 0.5) is 0 Å². The smallest absolute Gasteiger partial charge is 0.293 e. The van der Waals surface area contributed by atoms with E-state index in [1.54, 1.807) is 24.5 Å². The first-order chi connectivity index (χ1) is 12.7. The molecule has 1 aromatic carbocycles. The molecule has 7 nitrogen and oxygen atoms in total. The molecule has 26 heavy (non-hydrogen) atoms. The van der Waals surface area contributed by atoms with Crippen LogP contribution in [0.15, 0.2) is 70.8 Å². The molecule has 0 atom stereocenters. The Balaban J connectivity index is 1.83. The number of nitrogens with one attached hydrogen (secondary N) is 1. The Morgan fingerprint density at radius 3 is 2.77 bits per heavy atom. The highest BCUT2D eigenvalue weighted by molar-refractivity contribution is 6.09. The van der Waals surface area contributed by atoms with Crippen LogP contribution in [0.5, 0.6) is 5.75 Å². The van der Waals surface area contributed by atoms with Gasteiger partial charge in [-0.05, 0) is 17.7 Å². The van der Waals surface area contributed by atoms with Gasteiger partial charge in [0.05, 0.1) is 18.4 Å². The molecule has 2 aromatic heterocycles. The minimum absolute atomic E-state index is 0.328. The number of aromatic nitrogens is 3. The SMILES string of the molecule is NC=C(C=NCc1ccccc1)c1cc(-c2ncc(O)c(=O)[nH]2)ccn1. The standard InChI is InChI=1S/C19H17N5O2/c20-9-15(11-21-10-13-4-2-1-3-5-13)16-8-14(6-7-22-16)18-23-12-17(25)19(26)24-18/h1-9,11-12,25H,10,20H2,(H,23,24,26). The molecular formula is C19H17N5O2. The molecule has 0 fully saturated rings. The first-order valence-corrected chi connectivity index (χ1v) is 7.88. The number of aromatic hydroxyl groups is 1. The van der Waals surface area contributed by atoms with Gasteiger partial charge in [0.25, 0.3) is 5.56 Å². The van der Waals surface area contributed by atoms with E-state index in [-0.39, 0.29) is 0 Å². The summed E-state index contributed by atoms with van der Waals surface area (Å²) < 4.78 is 0. The van der Waals surface area contributed by atoms with Gasteiger partial charge in [-0.1, -0.05) is 30.3 Å². The second-order valence-electron chi connectivity index (χ2n) is 5.45. The zero-order valence-electron chi connectivity index (χ0n) is 13.8. The summed E-state index contributed by atoms with van der Waals surface area (Å²) in [7, 11) is 0. The van der Waals surface area contributed by atoms with Crippen molar-refractivity contribution in [2.75, 3.05) is 0 Å². The van der Waals surface area contributed by atoms with Crippen LogP contribution in [0.2, 0.25) is 0 Å². The molecule has 0 aliphatic heterocycles. The molecule has 0 radical (unpaired) electrons. The highest BCUT2D eigenvalue weighted by Crippen LogP contribution is 2.18. The zero-order chi connectivity index (χ0) is 18.4. The average molecular weight is 347 g/mol. The van der Waals surface area contributed by atoms with Crippen molar-refractivity contribution < 1.29 is 5.11 Å². The van der Waals surface area contributed by atoms with Crippen molar-refractivity contribution in [3.63, 3.8) is 0 Å². The third-order valence-electron chi connectivity index (χ3n) is 3.64. The lowest BCUT2D eigenvalue weighted by atomic mass is 10.1. The number of rotatable bonds is 5. The summed E-state index contributed by atoms with van der Waals surface area (Å²) in [5.41, 5.74) is 8.08. The third kappa shape index (κ3) is 4.02. The molecule has 7 heteroatoms. The monoisotopic (exact) mass is 347 g/mol. The number of hydrogen-bond acceptors (Lipinski definition) is 6. The number of aliphatic imine (C=N–C) groups is 1. The molecule has 3 aromatic rings. The van der Waals surface area contributed by atoms with Crippen molar-refractivity contribution in [2.45, 2.75) is 6.54 Å². The van der Waals surface area contributed by atoms with Gasteiger partial charge < -0.3 is 15.8 Å². The predicted octanol–water partition coefficient (Wildman–Crippen LogP) is 2.11. The Bertz CT molecular complexity index is 1010. The highest BCUT2D eigenvalue weighted by atomic mass is 16.3. The summed E-state index contributed by atoms with van der Waals surface area (Å²) in [5, 5.41) is 9.30. The Kier molecular flexibility index (Phi) is 5.19. The van der Waals surface area contributed by atoms with Gasteiger partial charge in [-0.3, -0.25) is 14.8 Å². The first-order valence-electron chi connectivity index (χ1n) is 7.88. The normalized spacial score (nSPS) is 11.8. The fourth-order valence-corrected chi connectivity index (χ4v) is 2.30. The number of benzene rings is 1. The lowest BCUT2D eigenvalue weighted by molar-refractivity contribution is 0.463. The highest BCUT2D eigenvalue weighted by Gasteiger charge is 2.07. The topological polar surface area (TPSA) is 117 Å². The number of allylic oxidation sites excluding steroid dienone is 1. The molecule has 3 rings (SSSR count). The van der Waals surface area contributed by atoms with Crippen LogP contribution < -0.4 is 11.3 Å². The molecule has 4 N–H and O–H groups in total. The van der Waals surface area contributed by atoms with Crippen molar-refractivity contribution in [3.8, 4) is 17.1 Å². The van der Waals surface area contributed by atoms with Gasteiger partial charge in [0.15, 0.2) is 5.75 Å². The van der Waals surface area contributed by atoms with Crippen molar-refractivity contribution >= 4 is 11.8 Å². The molecule has 0 unspecified atom stereocenters. The summed E-state index contributed by atoms with van der Waals surface area (Å²) in [4.78, 5) is 26.8. The molecule has 0 bridgehead atoms. The minimum Gasteiger partial charge on any atom is -0.502 e. The molecule has 0 spiro atoms. The third-order valence-corrected chi connectivity index (χ3v) is 3.64. The molecule has 2 heterocycles. The van der Waals surface area contributed by atoms with Crippen LogP contribution in [0.25, 0.3) is 17.0 Å². The van der Waals surface area contributed by atoms with E-state index < -0.39 is 11.3 Å². The molecular weight excluding hydrogens is 330 g/mol. The van der Waals surface area contributed by atoms with E-state index in [0.29, 0.717) is 29.2 Å². The Hall–Kier alpha value is -3.74. The second kappa shape index (κ2) is 7.89. The van der Waals surface area contributed by atoms with E-state index in [2.05, 4.69) is 19.9 Å². The van der Waals surface area contributed by atoms with Gasteiger partial charge in [-0.2, -0.15) is 0 Å². The van der Waals surface area contributed by atoms with E-state index in [0.717, 1.165) is 11.8 Å². The number of nitrogens with two attached hydrogens (primary N) is 1. The fourth-order valence-electron chi connectivity index (χ4n) is 2.30. The maximum Gasteiger partial charge on any atom is 0.293 e. The Morgan fingerprint density at radius 2 is 2.04 bits per heavy atom. The van der Waals surface area contributed by atoms with Gasteiger partial charge in [-0.15, -0.1) is 0 Å². The number of nitrogens with zero attached hydrogens (tertiary/aromatic N) is 3. The van der Waals surface area contributed by atoms with Crippen LogP contribution in [0, 0.1) is 0 Å². The summed E-state index contributed by atoms with van der Waals surface area (Å²) >= 11 is 0. The average Bonchev–Trinajstić information content (AvgIpc) is 2.68. The van der Waals surface area contributed by atoms with Crippen LogP contribution in [-0.4, -0.2) is 26.3 Å². The maximum atomic E-state index is 11.6. The van der Waals surface area contributed by atoms with Crippen molar-refractivity contribution in [1.82, 2.24) is 15.0 Å². The number of aromatic amines is 1. The van der Waals surface area contributed by atoms with Crippen LogP contribution in [0.1, 0.15) is 11.3 Å². The first kappa shape index (κ1) is 17.1. The summed E-state index contributed by atoms with van der Waals surface area (Å²) in [6.45, 7) is 0.532. The summed E-state index contributed by atoms with van der Waals surface area (Å²) in [5.74, 6) is -0.104. The zero-order valence-corrected chi connectivity index (χ0v) is 13.8. The van der Waals surface area contributed by atoms with Crippen molar-refractivity contribution in [1.29, 1.82) is 0 Å². The lowest BCUT2D eigenvalue weighted by Crippen LogP contribution is -2.07. The molecule has 130 valence electrons. The van der Waals surface area contributed by atoms with Crippen molar-refractivity contribution in [3.05, 3.63) is 82.7 Å². The summed E-state index contributed by atoms with van der Waals surface area (Å²) in [6.07, 6.45) is 5.78. The van der Waals surface area contributed by atoms with Gasteiger partial charge in [0.2, 0.25) is 0 Å². The van der Waals surface area contributed by atoms with E-state index in [9.17, 15) is 9.90 Å². The van der Waals surface area contributed by atoms with E-state index in [4.69, 9.17) is 5.73 Å². The van der Waals surface area contributed by atoms with Gasteiger partial charge in [0, 0.05) is 29.7 Å². The maximum absolute atomic E-state index is 11.6. The molecule has 0 saturated heterocycles. The van der Waals surface area contributed by atoms with E-state index in [1.807, 2.05) is 30.3 Å². The second-order valence-corrected chi connectivity index (χ2v) is 5.45. The summed E-state index contributed by atoms with van der Waals surface area (Å²) in [6, 6.07) is 13.3. The molecule has 0 saturated carbocycles. The van der Waals surface area contributed by atoms with Gasteiger partial charge in [0.1, 0.15) is 5.82 Å². The van der Waals surface area contributed by atoms with Crippen LogP contribution in [-0.2, 0) is 6.54 Å². The number of pyridine rings is 1. The lowest BCUT2D eigenvalue weighted by Gasteiger charge is -2.05. The van der Waals surface area contributed by atoms with Gasteiger partial charge in [-0.25, -0.2) is 4.98 Å². The molecule has 0 aliphatic carbocycles. The van der Waals surface area contributed by atoms with Gasteiger partial charge >= 0.3 is 0 Å². The molecule has 0 amide bonds. The van der Waals surface area contributed by atoms with Crippen LogP contribution in [0.3, 0.4) is 0 Å². The van der Waals surface area contributed by atoms with E-state index in [1.165, 1.54) is 6.20 Å². The minimum atomic E-state index is -0.604. The molecule has 0 aliphatic rings. The quantitative estimate of drug-likeness (QED) is 0.611. The Morgan fingerprint density at radius 1 is 1.23 bits per heavy atom. The number of hydrogen-bond donors (Lipinski definition) is 3. The predicted molar refractivity (Wildman–Crippen MR) is 101 cm³/mol. The fraction of sp³-hybridized carbons (Fsp3) is 0.0526. The van der Waals surface area contributed by atoms with E-state index >= 15 is 0 Å². The number of H-pyrrole nitrogens is 1. The Labute approximate surface area is 149 Å².